The van der Waals surface area contributed by atoms with Crippen LogP contribution in [-0.2, 0) is 9.59 Å². The third-order valence-corrected chi connectivity index (χ3v) is 1.75. The fourth-order valence-corrected chi connectivity index (χ4v) is 1.02. The first-order valence-electron chi connectivity index (χ1n) is 3.54. The molecule has 0 radical (unpaired) electrons. The van der Waals surface area contributed by atoms with Gasteiger partial charge in [-0.2, -0.15) is 0 Å². The van der Waals surface area contributed by atoms with Crippen molar-refractivity contribution in [3.63, 3.8) is 0 Å². The van der Waals surface area contributed by atoms with Gasteiger partial charge in [0.25, 0.3) is 0 Å². The molecule has 0 aromatic carbocycles. The Kier molecular flexibility index (Phi) is 4.11. The smallest absolute Gasteiger partial charge is 0.229 e. The number of hydrogen-bond donors (Lipinski definition) is 1. The number of carbonyl (C=O) groups excluding carboxylic acids is 2. The Labute approximate surface area is 71.9 Å². The van der Waals surface area contributed by atoms with Gasteiger partial charge in [-0.15, -0.1) is 12.4 Å². The molecule has 2 amide bonds. The number of imide groups is 1. The first-order chi connectivity index (χ1) is 4.70. The fourth-order valence-electron chi connectivity index (χ4n) is 1.02. The van der Waals surface area contributed by atoms with Gasteiger partial charge in [-0.05, 0) is 12.8 Å². The van der Waals surface area contributed by atoms with E-state index in [1.807, 2.05) is 6.92 Å². The summed E-state index contributed by atoms with van der Waals surface area (Å²) in [4.78, 5) is 21.6. The van der Waals surface area contributed by atoms with E-state index in [1.165, 1.54) is 0 Å². The second-order valence-corrected chi connectivity index (χ2v) is 2.71. The van der Waals surface area contributed by atoms with Gasteiger partial charge in [-0.3, -0.25) is 14.9 Å². The van der Waals surface area contributed by atoms with Gasteiger partial charge in [-0.1, -0.05) is 6.92 Å². The van der Waals surface area contributed by atoms with E-state index >= 15 is 0 Å². The molecule has 4 heteroatoms. The van der Waals surface area contributed by atoms with Gasteiger partial charge in [0.05, 0.1) is 0 Å². The molecule has 1 atom stereocenters. The van der Waals surface area contributed by atoms with E-state index < -0.39 is 0 Å². The summed E-state index contributed by atoms with van der Waals surface area (Å²) in [5, 5.41) is 2.31. The molecule has 0 saturated carbocycles. The van der Waals surface area contributed by atoms with Gasteiger partial charge < -0.3 is 0 Å². The van der Waals surface area contributed by atoms with Crippen molar-refractivity contribution in [2.24, 2.45) is 5.92 Å². The van der Waals surface area contributed by atoms with Crippen LogP contribution in [0, 0.1) is 5.92 Å². The Balaban J connectivity index is 0.000001000. The summed E-state index contributed by atoms with van der Waals surface area (Å²) in [7, 11) is 0. The molecule has 0 spiro atoms. The van der Waals surface area contributed by atoms with Crippen LogP contribution >= 0.6 is 12.4 Å². The van der Waals surface area contributed by atoms with Crippen LogP contribution in [0.25, 0.3) is 0 Å². The van der Waals surface area contributed by atoms with Crippen LogP contribution in [0.4, 0.5) is 0 Å². The zero-order valence-electron chi connectivity index (χ0n) is 6.42. The Morgan fingerprint density at radius 1 is 1.45 bits per heavy atom. The van der Waals surface area contributed by atoms with E-state index in [2.05, 4.69) is 5.32 Å². The highest BCUT2D eigenvalue weighted by Crippen LogP contribution is 2.11. The Hall–Kier alpha value is -0.570. The van der Waals surface area contributed by atoms with Crippen molar-refractivity contribution in [3.05, 3.63) is 0 Å². The quantitative estimate of drug-likeness (QED) is 0.559. The van der Waals surface area contributed by atoms with Gasteiger partial charge in [0.2, 0.25) is 11.8 Å². The summed E-state index contributed by atoms with van der Waals surface area (Å²) in [6.45, 7) is 1.84. The van der Waals surface area contributed by atoms with Crippen molar-refractivity contribution in [3.8, 4) is 0 Å². The lowest BCUT2D eigenvalue weighted by Gasteiger charge is -2.02. The Bertz CT molecular complexity index is 170. The minimum Gasteiger partial charge on any atom is -0.296 e. The molecular formula is C7H12ClNO2. The number of nitrogens with one attached hydrogen (secondary N) is 1. The van der Waals surface area contributed by atoms with E-state index in [1.54, 1.807) is 0 Å². The lowest BCUT2D eigenvalue weighted by molar-refractivity contribution is -0.131. The molecule has 0 aromatic heterocycles. The van der Waals surface area contributed by atoms with Crippen molar-refractivity contribution >= 4 is 24.2 Å². The molecule has 1 saturated heterocycles. The van der Waals surface area contributed by atoms with Crippen molar-refractivity contribution in [1.82, 2.24) is 5.32 Å². The van der Waals surface area contributed by atoms with Gasteiger partial charge in [0.15, 0.2) is 0 Å². The molecule has 1 aliphatic heterocycles. The zero-order valence-corrected chi connectivity index (χ0v) is 7.24. The third kappa shape index (κ3) is 2.89. The van der Waals surface area contributed by atoms with E-state index in [0.717, 1.165) is 12.8 Å². The van der Waals surface area contributed by atoms with E-state index in [-0.39, 0.29) is 30.1 Å². The minimum atomic E-state index is -0.130. The Morgan fingerprint density at radius 2 is 2.09 bits per heavy atom. The van der Waals surface area contributed by atoms with Crippen LogP contribution in [0.2, 0.25) is 0 Å². The summed E-state index contributed by atoms with van der Waals surface area (Å²) in [5.41, 5.74) is 0. The molecule has 1 aliphatic rings. The molecule has 1 rings (SSSR count). The van der Waals surface area contributed by atoms with E-state index in [9.17, 15) is 9.59 Å². The molecule has 3 nitrogen and oxygen atoms in total. The maximum atomic E-state index is 10.9. The van der Waals surface area contributed by atoms with Crippen LogP contribution in [0.5, 0.6) is 0 Å². The molecule has 1 unspecified atom stereocenters. The van der Waals surface area contributed by atoms with E-state index in [4.69, 9.17) is 0 Å². The molecular weight excluding hydrogens is 166 g/mol. The average molecular weight is 178 g/mol. The second-order valence-electron chi connectivity index (χ2n) is 2.71. The summed E-state index contributed by atoms with van der Waals surface area (Å²) >= 11 is 0. The molecule has 0 aliphatic carbocycles. The standard InChI is InChI=1S/C7H11NO2.ClH/c1-5-3-2-4-6(9)8-7(5)10;/h5H,2-4H2,1H3,(H,8,9,10);1H. The summed E-state index contributed by atoms with van der Waals surface area (Å²) < 4.78 is 0. The molecule has 0 bridgehead atoms. The zero-order chi connectivity index (χ0) is 7.56. The predicted molar refractivity (Wildman–Crippen MR) is 43.4 cm³/mol. The van der Waals surface area contributed by atoms with Crippen LogP contribution in [0.15, 0.2) is 0 Å². The van der Waals surface area contributed by atoms with Gasteiger partial charge in [0.1, 0.15) is 0 Å². The molecule has 1 fully saturated rings. The van der Waals surface area contributed by atoms with Crippen molar-refractivity contribution in [2.75, 3.05) is 0 Å². The first-order valence-corrected chi connectivity index (χ1v) is 3.54. The number of hydrogen-bond acceptors (Lipinski definition) is 2. The number of halogens is 1. The van der Waals surface area contributed by atoms with Gasteiger partial charge in [0, 0.05) is 12.3 Å². The van der Waals surface area contributed by atoms with E-state index in [0.29, 0.717) is 6.42 Å². The van der Waals surface area contributed by atoms with Crippen LogP contribution in [0.1, 0.15) is 26.2 Å². The number of amides is 2. The SMILES string of the molecule is CC1CCCC(=O)NC1=O.Cl. The Morgan fingerprint density at radius 3 is 2.73 bits per heavy atom. The van der Waals surface area contributed by atoms with Crippen LogP contribution in [-0.4, -0.2) is 11.8 Å². The van der Waals surface area contributed by atoms with Crippen LogP contribution in [0.3, 0.4) is 0 Å². The molecule has 1 heterocycles. The summed E-state index contributed by atoms with van der Waals surface area (Å²) in [6, 6.07) is 0. The fraction of sp³-hybridized carbons (Fsp3) is 0.714. The predicted octanol–water partition coefficient (Wildman–Crippen LogP) is 0.871. The van der Waals surface area contributed by atoms with Crippen molar-refractivity contribution in [1.29, 1.82) is 0 Å². The lowest BCUT2D eigenvalue weighted by atomic mass is 10.1. The second kappa shape index (κ2) is 4.34. The number of rotatable bonds is 0. The maximum Gasteiger partial charge on any atom is 0.229 e. The lowest BCUT2D eigenvalue weighted by Crippen LogP contribution is -2.31. The third-order valence-electron chi connectivity index (χ3n) is 1.75. The average Bonchev–Trinajstić information content (AvgIpc) is 1.96. The monoisotopic (exact) mass is 177 g/mol. The largest absolute Gasteiger partial charge is 0.296 e. The topological polar surface area (TPSA) is 46.2 Å². The molecule has 0 aromatic rings. The molecule has 64 valence electrons. The highest BCUT2D eigenvalue weighted by atomic mass is 35.5. The first kappa shape index (κ1) is 10.4. The summed E-state index contributed by atoms with van der Waals surface area (Å²) in [5.74, 6) is -0.247. The van der Waals surface area contributed by atoms with Gasteiger partial charge in [-0.25, -0.2) is 0 Å². The minimum absolute atomic E-state index is 0. The molecule has 11 heavy (non-hydrogen) atoms. The van der Waals surface area contributed by atoms with Crippen molar-refractivity contribution < 1.29 is 9.59 Å². The highest BCUT2D eigenvalue weighted by Gasteiger charge is 2.19. The summed E-state index contributed by atoms with van der Waals surface area (Å²) in [6.07, 6.45) is 2.16. The number of carbonyl (C=O) groups is 2. The molecule has 1 N–H and O–H groups in total. The van der Waals surface area contributed by atoms with Crippen molar-refractivity contribution in [2.45, 2.75) is 26.2 Å². The van der Waals surface area contributed by atoms with Crippen LogP contribution < -0.4 is 5.32 Å². The normalized spacial score (nSPS) is 25.0. The maximum absolute atomic E-state index is 10.9. The highest BCUT2D eigenvalue weighted by molar-refractivity contribution is 5.96. The van der Waals surface area contributed by atoms with Gasteiger partial charge >= 0.3 is 0 Å².